The van der Waals surface area contributed by atoms with Crippen LogP contribution in [0.2, 0.25) is 0 Å². The molecule has 0 aromatic carbocycles. The van der Waals surface area contributed by atoms with Crippen LogP contribution in [0.3, 0.4) is 0 Å². The van der Waals surface area contributed by atoms with Gasteiger partial charge in [0, 0.05) is 18.9 Å². The van der Waals surface area contributed by atoms with E-state index < -0.39 is 26.4 Å². The summed E-state index contributed by atoms with van der Waals surface area (Å²) >= 11 is 0. The van der Waals surface area contributed by atoms with Crippen LogP contribution >= 0.6 is 15.2 Å². The van der Waals surface area contributed by atoms with Crippen LogP contribution < -0.4 is 0 Å². The molecule has 1 aromatic rings. The van der Waals surface area contributed by atoms with E-state index in [4.69, 9.17) is 24.3 Å². The van der Waals surface area contributed by atoms with Gasteiger partial charge in [-0.25, -0.2) is 4.98 Å². The lowest BCUT2D eigenvalue weighted by molar-refractivity contribution is -0.0355. The number of imidazole rings is 1. The monoisotopic (exact) mass is 330 g/mol. The van der Waals surface area contributed by atoms with Gasteiger partial charge < -0.3 is 34.0 Å². The number of hydrogen-bond donors (Lipinski definition) is 5. The smallest absolute Gasteiger partial charge is 0.372 e. The van der Waals surface area contributed by atoms with E-state index >= 15 is 0 Å². The highest BCUT2D eigenvalue weighted by molar-refractivity contribution is 7.72. The van der Waals surface area contributed by atoms with Gasteiger partial charge in [0.2, 0.25) is 0 Å². The molecule has 0 bridgehead atoms. The molecule has 1 unspecified atom stereocenters. The molecule has 0 aliphatic rings. The van der Waals surface area contributed by atoms with Crippen molar-refractivity contribution in [1.29, 1.82) is 0 Å². The molecule has 0 radical (unpaired) electrons. The largest absolute Gasteiger partial charge is 0.372 e. The molecule has 1 aromatic heterocycles. The van der Waals surface area contributed by atoms with Gasteiger partial charge in [0.25, 0.3) is 5.08 Å². The Hall–Kier alpha value is -0.570. The van der Waals surface area contributed by atoms with E-state index in [1.807, 2.05) is 0 Å². The van der Waals surface area contributed by atoms with Crippen LogP contribution in [0.1, 0.15) is 6.92 Å². The fourth-order valence-corrected chi connectivity index (χ4v) is 3.96. The Bertz CT molecular complexity index is 499. The van der Waals surface area contributed by atoms with Gasteiger partial charge in [0.05, 0.1) is 12.9 Å². The first-order valence-electron chi connectivity index (χ1n) is 5.41. The summed E-state index contributed by atoms with van der Waals surface area (Å²) in [4.78, 5) is 39.8. The van der Waals surface area contributed by atoms with Crippen molar-refractivity contribution in [1.82, 2.24) is 9.55 Å². The van der Waals surface area contributed by atoms with Crippen LogP contribution in [-0.4, -0.2) is 52.0 Å². The quantitative estimate of drug-likeness (QED) is 0.406. The third-order valence-corrected chi connectivity index (χ3v) is 6.68. The summed E-state index contributed by atoms with van der Waals surface area (Å²) < 4.78 is 28.9. The van der Waals surface area contributed by atoms with Gasteiger partial charge in [-0.05, 0) is 6.92 Å². The summed E-state index contributed by atoms with van der Waals surface area (Å²) in [6.45, 7) is 1.09. The summed E-state index contributed by atoms with van der Waals surface area (Å²) in [6, 6.07) is 0. The molecule has 20 heavy (non-hydrogen) atoms. The zero-order valence-electron chi connectivity index (χ0n) is 10.5. The highest BCUT2D eigenvalue weighted by atomic mass is 31.2. The molecule has 0 amide bonds. The molecular weight excluding hydrogens is 314 g/mol. The van der Waals surface area contributed by atoms with Crippen LogP contribution in [-0.2, 0) is 20.4 Å². The highest BCUT2D eigenvalue weighted by Gasteiger charge is 2.63. The van der Waals surface area contributed by atoms with Gasteiger partial charge in [-0.3, -0.25) is 9.13 Å². The maximum absolute atomic E-state index is 11.2. The molecule has 0 aliphatic carbocycles. The molecule has 1 rings (SSSR count). The normalized spacial score (nSPS) is 15.3. The van der Waals surface area contributed by atoms with E-state index in [0.29, 0.717) is 0 Å². The Morgan fingerprint density at radius 1 is 1.30 bits per heavy atom. The van der Waals surface area contributed by atoms with E-state index in [1.54, 1.807) is 10.8 Å². The van der Waals surface area contributed by atoms with Crippen molar-refractivity contribution < 1.29 is 38.5 Å². The van der Waals surface area contributed by atoms with E-state index in [1.165, 1.54) is 12.5 Å². The van der Waals surface area contributed by atoms with Crippen molar-refractivity contribution in [3.8, 4) is 0 Å². The fraction of sp³-hybridized carbons (Fsp3) is 0.625. The SMILES string of the molecule is CC(OCCn1ccnc1)C(O)(P(=O)(O)O)P(=O)(O)O. The van der Waals surface area contributed by atoms with Crippen LogP contribution in [0.5, 0.6) is 0 Å². The number of aromatic nitrogens is 2. The Kier molecular flexibility index (Phi) is 5.29. The fourth-order valence-electron chi connectivity index (χ4n) is 1.51. The number of ether oxygens (including phenoxy) is 1. The summed E-state index contributed by atoms with van der Waals surface area (Å²) in [7, 11) is -11.0. The van der Waals surface area contributed by atoms with Gasteiger partial charge in [0.1, 0.15) is 6.10 Å². The lowest BCUT2D eigenvalue weighted by Crippen LogP contribution is -2.42. The summed E-state index contributed by atoms with van der Waals surface area (Å²) in [6.07, 6.45) is 2.80. The predicted octanol–water partition coefficient (Wildman–Crippen LogP) is -0.710. The van der Waals surface area contributed by atoms with Crippen LogP contribution in [0, 0.1) is 0 Å². The van der Waals surface area contributed by atoms with E-state index in [0.717, 1.165) is 6.92 Å². The minimum atomic E-state index is -5.52. The molecule has 10 nitrogen and oxygen atoms in total. The van der Waals surface area contributed by atoms with Crippen molar-refractivity contribution >= 4 is 15.2 Å². The van der Waals surface area contributed by atoms with Crippen molar-refractivity contribution in [3.63, 3.8) is 0 Å². The molecule has 0 saturated heterocycles. The minimum absolute atomic E-state index is 0.125. The summed E-state index contributed by atoms with van der Waals surface area (Å²) in [5, 5.41) is 6.17. The first-order valence-corrected chi connectivity index (χ1v) is 8.63. The molecule has 0 spiro atoms. The Labute approximate surface area is 114 Å². The molecule has 0 fully saturated rings. The average molecular weight is 330 g/mol. The molecule has 0 saturated carbocycles. The number of aliphatic hydroxyl groups is 1. The number of rotatable bonds is 7. The molecule has 1 heterocycles. The van der Waals surface area contributed by atoms with Crippen molar-refractivity contribution in [2.75, 3.05) is 6.61 Å². The average Bonchev–Trinajstić information content (AvgIpc) is 2.77. The first-order chi connectivity index (χ1) is 9.00. The van der Waals surface area contributed by atoms with Gasteiger partial charge in [-0.2, -0.15) is 0 Å². The van der Waals surface area contributed by atoms with Gasteiger partial charge >= 0.3 is 15.2 Å². The Morgan fingerprint density at radius 2 is 1.85 bits per heavy atom. The van der Waals surface area contributed by atoms with Gasteiger partial charge in [0.15, 0.2) is 0 Å². The summed E-state index contributed by atoms with van der Waals surface area (Å²) in [5.41, 5.74) is 0. The Morgan fingerprint density at radius 3 is 2.25 bits per heavy atom. The topological polar surface area (TPSA) is 162 Å². The van der Waals surface area contributed by atoms with E-state index in [2.05, 4.69) is 4.98 Å². The van der Waals surface area contributed by atoms with Crippen LogP contribution in [0.15, 0.2) is 18.7 Å². The van der Waals surface area contributed by atoms with E-state index in [-0.39, 0.29) is 13.2 Å². The lowest BCUT2D eigenvalue weighted by atomic mass is 10.4. The van der Waals surface area contributed by atoms with Crippen molar-refractivity contribution in [3.05, 3.63) is 18.7 Å². The predicted molar refractivity (Wildman–Crippen MR) is 66.7 cm³/mol. The Balaban J connectivity index is 2.78. The van der Waals surface area contributed by atoms with Crippen LogP contribution in [0.25, 0.3) is 0 Å². The zero-order valence-corrected chi connectivity index (χ0v) is 12.3. The van der Waals surface area contributed by atoms with E-state index in [9.17, 15) is 14.2 Å². The molecular formula is C8H16N2O8P2. The second kappa shape index (κ2) is 6.05. The van der Waals surface area contributed by atoms with Crippen molar-refractivity contribution in [2.45, 2.75) is 24.7 Å². The second-order valence-corrected chi connectivity index (χ2v) is 7.98. The van der Waals surface area contributed by atoms with Crippen LogP contribution in [0.4, 0.5) is 0 Å². The van der Waals surface area contributed by atoms with Crippen molar-refractivity contribution in [2.24, 2.45) is 0 Å². The maximum atomic E-state index is 11.2. The molecule has 5 N–H and O–H groups in total. The molecule has 116 valence electrons. The lowest BCUT2D eigenvalue weighted by Gasteiger charge is -2.34. The molecule has 1 atom stereocenters. The highest BCUT2D eigenvalue weighted by Crippen LogP contribution is 2.69. The maximum Gasteiger partial charge on any atom is 0.372 e. The zero-order chi connectivity index (χ0) is 15.6. The second-order valence-electron chi connectivity index (χ2n) is 4.09. The van der Waals surface area contributed by atoms with Gasteiger partial charge in [-0.15, -0.1) is 0 Å². The number of nitrogens with zero attached hydrogens (tertiary/aromatic N) is 2. The molecule has 0 aliphatic heterocycles. The number of hydrogen-bond acceptors (Lipinski definition) is 5. The standard InChI is InChI=1S/C8H16N2O8P2/c1-7(18-5-4-10-3-2-9-6-10)8(11,19(12,13)14)20(15,16)17/h2-3,6-7,11H,4-5H2,1H3,(H2,12,13,14)(H2,15,16,17). The first kappa shape index (κ1) is 17.5. The van der Waals surface area contributed by atoms with Gasteiger partial charge in [-0.1, -0.05) is 0 Å². The minimum Gasteiger partial charge on any atom is -0.372 e. The summed E-state index contributed by atoms with van der Waals surface area (Å²) in [5.74, 6) is 0. The third-order valence-electron chi connectivity index (χ3n) is 2.68. The third kappa shape index (κ3) is 3.55. The molecule has 12 heteroatoms.